The number of ether oxygens (including phenoxy) is 1. The average Bonchev–Trinajstić information content (AvgIpc) is 2.52. The molecule has 0 heterocycles. The molecule has 1 N–H and O–H groups in total. The standard InChI is InChI=1S/C16H12Br2N2O3/c1-2-6-23-16-14(17)7-11(8-15(16)18)10-19-12-4-3-5-13(9-12)20(21)22/h1,3-5,7-9,19H,6,10H2. The van der Waals surface area contributed by atoms with E-state index in [1.807, 2.05) is 12.1 Å². The molecule has 0 fully saturated rings. The Hall–Kier alpha value is -2.04. The average molecular weight is 440 g/mol. The van der Waals surface area contributed by atoms with Gasteiger partial charge in [-0.15, -0.1) is 6.42 Å². The number of hydrogen-bond acceptors (Lipinski definition) is 4. The molecule has 2 aromatic carbocycles. The van der Waals surface area contributed by atoms with E-state index >= 15 is 0 Å². The van der Waals surface area contributed by atoms with Gasteiger partial charge in [0.2, 0.25) is 0 Å². The molecule has 7 heteroatoms. The molecule has 0 aromatic heterocycles. The van der Waals surface area contributed by atoms with Crippen molar-refractivity contribution in [2.24, 2.45) is 0 Å². The summed E-state index contributed by atoms with van der Waals surface area (Å²) in [5, 5.41) is 13.9. The van der Waals surface area contributed by atoms with Crippen molar-refractivity contribution in [3.8, 4) is 18.1 Å². The summed E-state index contributed by atoms with van der Waals surface area (Å²) in [6.07, 6.45) is 5.19. The zero-order valence-electron chi connectivity index (χ0n) is 11.9. The van der Waals surface area contributed by atoms with Crippen LogP contribution in [0.15, 0.2) is 45.3 Å². The Balaban J connectivity index is 2.11. The maximum atomic E-state index is 10.8. The summed E-state index contributed by atoms with van der Waals surface area (Å²) < 4.78 is 7.00. The molecule has 0 aliphatic carbocycles. The predicted octanol–water partition coefficient (Wildman–Crippen LogP) is 4.74. The van der Waals surface area contributed by atoms with E-state index in [0.29, 0.717) is 18.0 Å². The Labute approximate surface area is 150 Å². The highest BCUT2D eigenvalue weighted by Crippen LogP contribution is 2.35. The van der Waals surface area contributed by atoms with Crippen LogP contribution in [0.25, 0.3) is 0 Å². The number of halogens is 2. The van der Waals surface area contributed by atoms with Crippen LogP contribution >= 0.6 is 31.9 Å². The number of rotatable bonds is 6. The molecular weight excluding hydrogens is 428 g/mol. The summed E-state index contributed by atoms with van der Waals surface area (Å²) in [6.45, 7) is 0.691. The lowest BCUT2D eigenvalue weighted by molar-refractivity contribution is -0.384. The molecule has 118 valence electrons. The molecule has 2 rings (SSSR count). The molecule has 5 nitrogen and oxygen atoms in total. The van der Waals surface area contributed by atoms with Crippen molar-refractivity contribution in [3.05, 3.63) is 61.0 Å². The lowest BCUT2D eigenvalue weighted by atomic mass is 10.2. The van der Waals surface area contributed by atoms with Crippen molar-refractivity contribution in [2.45, 2.75) is 6.54 Å². The first-order chi connectivity index (χ1) is 11.0. The molecule has 0 aliphatic heterocycles. The van der Waals surface area contributed by atoms with Gasteiger partial charge in [-0.05, 0) is 55.6 Å². The zero-order valence-corrected chi connectivity index (χ0v) is 15.1. The Bertz CT molecular complexity index is 749. The first kappa shape index (κ1) is 17.3. The Morgan fingerprint density at radius 2 is 1.96 bits per heavy atom. The van der Waals surface area contributed by atoms with Crippen molar-refractivity contribution in [1.82, 2.24) is 0 Å². The third-order valence-electron chi connectivity index (χ3n) is 2.91. The van der Waals surface area contributed by atoms with Crippen molar-refractivity contribution in [2.75, 3.05) is 11.9 Å². The van der Waals surface area contributed by atoms with E-state index in [1.54, 1.807) is 12.1 Å². The van der Waals surface area contributed by atoms with Crippen LogP contribution in [0, 0.1) is 22.5 Å². The molecule has 0 saturated carbocycles. The first-order valence-corrected chi connectivity index (χ1v) is 8.12. The number of nitrogens with one attached hydrogen (secondary N) is 1. The molecule has 0 atom stereocenters. The fourth-order valence-electron chi connectivity index (χ4n) is 1.90. The van der Waals surface area contributed by atoms with E-state index in [1.165, 1.54) is 12.1 Å². The monoisotopic (exact) mass is 438 g/mol. The van der Waals surface area contributed by atoms with Crippen LogP contribution < -0.4 is 10.1 Å². The number of hydrogen-bond donors (Lipinski definition) is 1. The van der Waals surface area contributed by atoms with E-state index in [2.05, 4.69) is 43.1 Å². The summed E-state index contributed by atoms with van der Waals surface area (Å²) in [7, 11) is 0. The van der Waals surface area contributed by atoms with Gasteiger partial charge in [0.25, 0.3) is 5.69 Å². The number of nitrogens with zero attached hydrogens (tertiary/aromatic N) is 1. The smallest absolute Gasteiger partial charge is 0.271 e. The van der Waals surface area contributed by atoms with Gasteiger partial charge in [0.05, 0.1) is 13.9 Å². The lowest BCUT2D eigenvalue weighted by Gasteiger charge is -2.12. The quantitative estimate of drug-likeness (QED) is 0.401. The minimum atomic E-state index is -0.421. The zero-order chi connectivity index (χ0) is 16.8. The molecule has 0 spiro atoms. The highest BCUT2D eigenvalue weighted by atomic mass is 79.9. The molecule has 0 unspecified atom stereocenters. The number of nitro groups is 1. The minimum absolute atomic E-state index is 0.0513. The number of nitro benzene ring substituents is 1. The van der Waals surface area contributed by atoms with Gasteiger partial charge >= 0.3 is 0 Å². The SMILES string of the molecule is C#CCOc1c(Br)cc(CNc2cccc([N+](=O)[O-])c2)cc1Br. The molecule has 0 radical (unpaired) electrons. The van der Waals surface area contributed by atoms with Crippen LogP contribution in [0.3, 0.4) is 0 Å². The summed E-state index contributed by atoms with van der Waals surface area (Å²) in [4.78, 5) is 10.4. The van der Waals surface area contributed by atoms with Crippen LogP contribution in [-0.4, -0.2) is 11.5 Å². The molecule has 23 heavy (non-hydrogen) atoms. The maximum absolute atomic E-state index is 10.8. The highest BCUT2D eigenvalue weighted by molar-refractivity contribution is 9.11. The predicted molar refractivity (Wildman–Crippen MR) is 96.6 cm³/mol. The van der Waals surface area contributed by atoms with Crippen LogP contribution in [-0.2, 0) is 6.54 Å². The number of benzene rings is 2. The second kappa shape index (κ2) is 7.99. The van der Waals surface area contributed by atoms with Crippen LogP contribution in [0.4, 0.5) is 11.4 Å². The van der Waals surface area contributed by atoms with Gasteiger partial charge in [-0.1, -0.05) is 12.0 Å². The largest absolute Gasteiger partial charge is 0.479 e. The Morgan fingerprint density at radius 3 is 2.57 bits per heavy atom. The number of anilines is 1. The van der Waals surface area contributed by atoms with E-state index in [9.17, 15) is 10.1 Å². The van der Waals surface area contributed by atoms with E-state index in [4.69, 9.17) is 11.2 Å². The lowest BCUT2D eigenvalue weighted by Crippen LogP contribution is -2.02. The summed E-state index contributed by atoms with van der Waals surface area (Å²) >= 11 is 6.89. The Kier molecular flexibility index (Phi) is 6.02. The molecule has 2 aromatic rings. The van der Waals surface area contributed by atoms with Gasteiger partial charge in [-0.2, -0.15) is 0 Å². The van der Waals surface area contributed by atoms with Crippen LogP contribution in [0.1, 0.15) is 5.56 Å². The second-order valence-electron chi connectivity index (χ2n) is 4.54. The van der Waals surface area contributed by atoms with Gasteiger partial charge in [-0.3, -0.25) is 10.1 Å². The number of non-ortho nitro benzene ring substituents is 1. The fraction of sp³-hybridized carbons (Fsp3) is 0.125. The molecule has 0 amide bonds. The van der Waals surface area contributed by atoms with Gasteiger partial charge in [-0.25, -0.2) is 0 Å². The first-order valence-electron chi connectivity index (χ1n) is 6.53. The molecule has 0 saturated heterocycles. The number of terminal acetylenes is 1. The van der Waals surface area contributed by atoms with Crippen molar-refractivity contribution < 1.29 is 9.66 Å². The normalized spacial score (nSPS) is 9.96. The van der Waals surface area contributed by atoms with E-state index in [-0.39, 0.29) is 12.3 Å². The third kappa shape index (κ3) is 4.71. The van der Waals surface area contributed by atoms with Crippen molar-refractivity contribution >= 4 is 43.2 Å². The molecule has 0 bridgehead atoms. The maximum Gasteiger partial charge on any atom is 0.271 e. The van der Waals surface area contributed by atoms with Crippen molar-refractivity contribution in [1.29, 1.82) is 0 Å². The molecular formula is C16H12Br2N2O3. The summed E-state index contributed by atoms with van der Waals surface area (Å²) in [5.41, 5.74) is 1.71. The van der Waals surface area contributed by atoms with Crippen LogP contribution in [0.2, 0.25) is 0 Å². The van der Waals surface area contributed by atoms with Crippen LogP contribution in [0.5, 0.6) is 5.75 Å². The Morgan fingerprint density at radius 1 is 1.26 bits per heavy atom. The second-order valence-corrected chi connectivity index (χ2v) is 6.25. The van der Waals surface area contributed by atoms with E-state index in [0.717, 1.165) is 14.5 Å². The van der Waals surface area contributed by atoms with Gasteiger partial charge in [0.1, 0.15) is 12.4 Å². The summed E-state index contributed by atoms with van der Waals surface area (Å²) in [5.74, 6) is 3.06. The highest BCUT2D eigenvalue weighted by Gasteiger charge is 2.10. The minimum Gasteiger partial charge on any atom is -0.479 e. The topological polar surface area (TPSA) is 64.4 Å². The van der Waals surface area contributed by atoms with Crippen molar-refractivity contribution in [3.63, 3.8) is 0 Å². The van der Waals surface area contributed by atoms with Gasteiger partial charge < -0.3 is 10.1 Å². The van der Waals surface area contributed by atoms with Gasteiger partial charge in [0, 0.05) is 24.4 Å². The van der Waals surface area contributed by atoms with Gasteiger partial charge in [0.15, 0.2) is 0 Å². The molecule has 0 aliphatic rings. The summed E-state index contributed by atoms with van der Waals surface area (Å²) in [6, 6.07) is 10.2. The third-order valence-corrected chi connectivity index (χ3v) is 4.09. The van der Waals surface area contributed by atoms with E-state index < -0.39 is 4.92 Å². The fourth-order valence-corrected chi connectivity index (χ4v) is 3.41.